The number of hydrogen-bond acceptors (Lipinski definition) is 4. The molecule has 128 valence electrons. The quantitative estimate of drug-likeness (QED) is 0.915. The normalized spacial score (nSPS) is 21.0. The smallest absolute Gasteiger partial charge is 0.163 e. The van der Waals surface area contributed by atoms with Gasteiger partial charge >= 0.3 is 0 Å². The van der Waals surface area contributed by atoms with Crippen molar-refractivity contribution in [2.75, 3.05) is 27.3 Å². The third-order valence-electron chi connectivity index (χ3n) is 4.58. The number of benzene rings is 2. The summed E-state index contributed by atoms with van der Waals surface area (Å²) >= 11 is 0. The molecule has 24 heavy (non-hydrogen) atoms. The van der Waals surface area contributed by atoms with Gasteiger partial charge in [-0.05, 0) is 18.1 Å². The summed E-state index contributed by atoms with van der Waals surface area (Å²) in [4.78, 5) is 2.05. The van der Waals surface area contributed by atoms with E-state index in [9.17, 15) is 9.50 Å². The summed E-state index contributed by atoms with van der Waals surface area (Å²) < 4.78 is 24.7. The second-order valence-electron chi connectivity index (χ2n) is 6.16. The predicted octanol–water partition coefficient (Wildman–Crippen LogP) is 2.94. The Bertz CT molecular complexity index is 707. The van der Waals surface area contributed by atoms with Gasteiger partial charge in [-0.1, -0.05) is 30.3 Å². The van der Waals surface area contributed by atoms with E-state index in [2.05, 4.69) is 4.90 Å². The molecular weight excluding hydrogens is 309 g/mol. The molecule has 0 unspecified atom stereocenters. The van der Waals surface area contributed by atoms with Crippen LogP contribution >= 0.6 is 0 Å². The van der Waals surface area contributed by atoms with Crippen molar-refractivity contribution < 1.29 is 19.0 Å². The van der Waals surface area contributed by atoms with Crippen molar-refractivity contribution in [1.29, 1.82) is 0 Å². The van der Waals surface area contributed by atoms with E-state index in [0.29, 0.717) is 43.1 Å². The van der Waals surface area contributed by atoms with Crippen LogP contribution in [-0.2, 0) is 12.1 Å². The molecule has 0 radical (unpaired) electrons. The van der Waals surface area contributed by atoms with Gasteiger partial charge in [-0.25, -0.2) is 4.39 Å². The van der Waals surface area contributed by atoms with Crippen LogP contribution in [0.5, 0.6) is 11.5 Å². The van der Waals surface area contributed by atoms with Gasteiger partial charge in [-0.3, -0.25) is 4.90 Å². The Kier molecular flexibility index (Phi) is 4.73. The molecule has 0 saturated carbocycles. The molecule has 0 aromatic heterocycles. The van der Waals surface area contributed by atoms with E-state index < -0.39 is 5.60 Å². The molecule has 0 spiro atoms. The maximum absolute atomic E-state index is 14.3. The fourth-order valence-electron chi connectivity index (χ4n) is 3.25. The van der Waals surface area contributed by atoms with Crippen LogP contribution < -0.4 is 9.47 Å². The SMILES string of the molecule is COc1cc(F)c(CN2CC[C@@](O)(c3ccccc3)C2)cc1OC. The molecule has 0 aliphatic carbocycles. The lowest BCUT2D eigenvalue weighted by molar-refractivity contribution is 0.0451. The summed E-state index contributed by atoms with van der Waals surface area (Å²) in [6.45, 7) is 1.60. The first kappa shape index (κ1) is 16.7. The lowest BCUT2D eigenvalue weighted by atomic mass is 9.93. The van der Waals surface area contributed by atoms with Crippen molar-refractivity contribution in [3.8, 4) is 11.5 Å². The van der Waals surface area contributed by atoms with Crippen LogP contribution in [0, 0.1) is 5.82 Å². The Balaban J connectivity index is 1.76. The molecule has 1 saturated heterocycles. The number of β-amino-alcohol motifs (C(OH)–C–C–N with tert-alkyl or cyclic N) is 1. The van der Waals surface area contributed by atoms with Gasteiger partial charge in [0.15, 0.2) is 11.5 Å². The maximum atomic E-state index is 14.3. The zero-order valence-electron chi connectivity index (χ0n) is 14.0. The third-order valence-corrected chi connectivity index (χ3v) is 4.58. The highest BCUT2D eigenvalue weighted by atomic mass is 19.1. The maximum Gasteiger partial charge on any atom is 0.163 e. The summed E-state index contributed by atoms with van der Waals surface area (Å²) in [5, 5.41) is 10.9. The number of hydrogen-bond donors (Lipinski definition) is 1. The molecule has 1 atom stereocenters. The molecule has 1 heterocycles. The lowest BCUT2D eigenvalue weighted by Crippen LogP contribution is -2.30. The van der Waals surface area contributed by atoms with E-state index in [1.807, 2.05) is 30.3 Å². The van der Waals surface area contributed by atoms with E-state index >= 15 is 0 Å². The number of likely N-dealkylation sites (tertiary alicyclic amines) is 1. The summed E-state index contributed by atoms with van der Waals surface area (Å²) in [6, 6.07) is 12.6. The minimum atomic E-state index is -0.881. The predicted molar refractivity (Wildman–Crippen MR) is 89.7 cm³/mol. The van der Waals surface area contributed by atoms with Crippen molar-refractivity contribution >= 4 is 0 Å². The van der Waals surface area contributed by atoms with Crippen LogP contribution in [0.1, 0.15) is 17.5 Å². The van der Waals surface area contributed by atoms with Crippen LogP contribution in [-0.4, -0.2) is 37.3 Å². The lowest BCUT2D eigenvalue weighted by Gasteiger charge is -2.24. The molecule has 0 amide bonds. The van der Waals surface area contributed by atoms with Gasteiger partial charge < -0.3 is 14.6 Å². The second kappa shape index (κ2) is 6.79. The van der Waals surface area contributed by atoms with Gasteiger partial charge in [0.25, 0.3) is 0 Å². The van der Waals surface area contributed by atoms with E-state index in [1.54, 1.807) is 6.07 Å². The minimum absolute atomic E-state index is 0.331. The Hall–Kier alpha value is -2.11. The van der Waals surface area contributed by atoms with Crippen LogP contribution in [0.4, 0.5) is 4.39 Å². The first-order valence-electron chi connectivity index (χ1n) is 7.96. The third kappa shape index (κ3) is 3.23. The summed E-state index contributed by atoms with van der Waals surface area (Å²) in [5.74, 6) is 0.551. The second-order valence-corrected chi connectivity index (χ2v) is 6.16. The zero-order chi connectivity index (χ0) is 17.2. The van der Waals surface area contributed by atoms with Crippen LogP contribution in [0.2, 0.25) is 0 Å². The Morgan fingerprint density at radius 1 is 1.12 bits per heavy atom. The first-order valence-corrected chi connectivity index (χ1v) is 7.96. The largest absolute Gasteiger partial charge is 0.493 e. The average Bonchev–Trinajstić information content (AvgIpc) is 2.99. The molecule has 1 fully saturated rings. The van der Waals surface area contributed by atoms with E-state index in [-0.39, 0.29) is 5.82 Å². The Labute approximate surface area is 141 Å². The number of ether oxygens (including phenoxy) is 2. The van der Waals surface area contributed by atoms with Crippen LogP contribution in [0.3, 0.4) is 0 Å². The van der Waals surface area contributed by atoms with Gasteiger partial charge in [0.1, 0.15) is 11.4 Å². The van der Waals surface area contributed by atoms with Gasteiger partial charge in [-0.2, -0.15) is 0 Å². The number of nitrogens with zero attached hydrogens (tertiary/aromatic N) is 1. The van der Waals surface area contributed by atoms with Gasteiger partial charge in [0, 0.05) is 31.3 Å². The molecule has 2 aromatic carbocycles. The van der Waals surface area contributed by atoms with Crippen molar-refractivity contribution in [3.63, 3.8) is 0 Å². The minimum Gasteiger partial charge on any atom is -0.493 e. The fourth-order valence-corrected chi connectivity index (χ4v) is 3.25. The molecule has 4 nitrogen and oxygen atoms in total. The fraction of sp³-hybridized carbons (Fsp3) is 0.368. The van der Waals surface area contributed by atoms with Crippen LogP contribution in [0.15, 0.2) is 42.5 Å². The van der Waals surface area contributed by atoms with Crippen molar-refractivity contribution in [2.24, 2.45) is 0 Å². The van der Waals surface area contributed by atoms with Crippen molar-refractivity contribution in [2.45, 2.75) is 18.6 Å². The number of rotatable bonds is 5. The summed E-state index contributed by atoms with van der Waals surface area (Å²) in [6.07, 6.45) is 0.631. The highest BCUT2D eigenvalue weighted by molar-refractivity contribution is 5.43. The molecule has 1 N–H and O–H groups in total. The van der Waals surface area contributed by atoms with Crippen molar-refractivity contribution in [1.82, 2.24) is 4.90 Å². The highest BCUT2D eigenvalue weighted by Crippen LogP contribution is 2.34. The zero-order valence-corrected chi connectivity index (χ0v) is 14.0. The van der Waals surface area contributed by atoms with E-state index in [4.69, 9.17) is 9.47 Å². The molecule has 2 aromatic rings. The monoisotopic (exact) mass is 331 g/mol. The standard InChI is InChI=1S/C19H22FNO3/c1-23-17-10-14(16(20)11-18(17)24-2)12-21-9-8-19(22,13-21)15-6-4-3-5-7-15/h3-7,10-11,22H,8-9,12-13H2,1-2H3/t19-/m0/s1. The molecular formula is C19H22FNO3. The highest BCUT2D eigenvalue weighted by Gasteiger charge is 2.37. The Morgan fingerprint density at radius 2 is 1.79 bits per heavy atom. The summed E-state index contributed by atoms with van der Waals surface area (Å²) in [7, 11) is 3.01. The summed E-state index contributed by atoms with van der Waals surface area (Å²) in [5.41, 5.74) is 0.555. The average molecular weight is 331 g/mol. The molecule has 1 aliphatic heterocycles. The molecule has 5 heteroatoms. The molecule has 1 aliphatic rings. The van der Waals surface area contributed by atoms with Crippen molar-refractivity contribution in [3.05, 3.63) is 59.4 Å². The van der Waals surface area contributed by atoms with Gasteiger partial charge in [0.2, 0.25) is 0 Å². The number of aliphatic hydroxyl groups is 1. The van der Waals surface area contributed by atoms with E-state index in [0.717, 1.165) is 5.56 Å². The topological polar surface area (TPSA) is 41.9 Å². The van der Waals surface area contributed by atoms with Gasteiger partial charge in [-0.15, -0.1) is 0 Å². The number of halogens is 1. The van der Waals surface area contributed by atoms with Crippen LogP contribution in [0.25, 0.3) is 0 Å². The van der Waals surface area contributed by atoms with Gasteiger partial charge in [0.05, 0.1) is 14.2 Å². The molecule has 0 bridgehead atoms. The first-order chi connectivity index (χ1) is 11.6. The van der Waals surface area contributed by atoms with E-state index in [1.165, 1.54) is 20.3 Å². The number of methoxy groups -OCH3 is 2. The Morgan fingerprint density at radius 3 is 2.46 bits per heavy atom. The molecule has 3 rings (SSSR count).